The van der Waals surface area contributed by atoms with E-state index in [1.165, 1.54) is 0 Å². The van der Waals surface area contributed by atoms with Crippen molar-refractivity contribution in [1.29, 1.82) is 0 Å². The number of rotatable bonds is 1. The molecule has 0 saturated carbocycles. The van der Waals surface area contributed by atoms with Crippen molar-refractivity contribution in [1.82, 2.24) is 4.90 Å². The van der Waals surface area contributed by atoms with Crippen LogP contribution in [-0.2, 0) is 4.74 Å². The number of carbonyl (C=O) groups is 1. The fourth-order valence-corrected chi connectivity index (χ4v) is 2.15. The predicted octanol–water partition coefficient (Wildman–Crippen LogP) is 2.01. The van der Waals surface area contributed by atoms with Crippen molar-refractivity contribution in [2.75, 3.05) is 13.2 Å². The van der Waals surface area contributed by atoms with E-state index in [9.17, 15) is 4.79 Å². The van der Waals surface area contributed by atoms with Gasteiger partial charge in [0.25, 0.3) is 0 Å². The zero-order valence-electron chi connectivity index (χ0n) is 10.9. The molecule has 4 nitrogen and oxygen atoms in total. The highest BCUT2D eigenvalue weighted by Gasteiger charge is 2.42. The number of likely N-dealkylation sites (tertiary alicyclic amines) is 1. The quantitative estimate of drug-likeness (QED) is 0.748. The van der Waals surface area contributed by atoms with Crippen LogP contribution in [0.15, 0.2) is 0 Å². The van der Waals surface area contributed by atoms with Crippen LogP contribution in [-0.4, -0.2) is 40.4 Å². The number of aliphatic hydroxyl groups excluding tert-OH is 1. The maximum atomic E-state index is 12.0. The second kappa shape index (κ2) is 4.24. The van der Waals surface area contributed by atoms with Crippen LogP contribution in [0, 0.1) is 5.92 Å². The van der Waals surface area contributed by atoms with Gasteiger partial charge in [0.1, 0.15) is 5.60 Å². The van der Waals surface area contributed by atoms with Crippen LogP contribution in [0.1, 0.15) is 41.0 Å². The minimum Gasteiger partial charge on any atom is -0.444 e. The second-order valence-electron chi connectivity index (χ2n) is 6.16. The summed E-state index contributed by atoms with van der Waals surface area (Å²) in [5, 5.41) is 9.15. The molecule has 1 saturated heterocycles. The number of ether oxygens (including phenoxy) is 1. The van der Waals surface area contributed by atoms with Gasteiger partial charge >= 0.3 is 6.09 Å². The highest BCUT2D eigenvalue weighted by atomic mass is 16.6. The number of nitrogens with zero attached hydrogens (tertiary/aromatic N) is 1. The van der Waals surface area contributed by atoms with E-state index in [0.717, 1.165) is 6.42 Å². The van der Waals surface area contributed by atoms with Gasteiger partial charge in [-0.25, -0.2) is 4.79 Å². The molecule has 0 spiro atoms. The molecule has 1 amide bonds. The monoisotopic (exact) mass is 229 g/mol. The average Bonchev–Trinajstić information content (AvgIpc) is 2.37. The molecule has 1 rings (SSSR count). The Labute approximate surface area is 97.6 Å². The minimum atomic E-state index is -0.468. The normalized spacial score (nSPS) is 24.6. The van der Waals surface area contributed by atoms with Crippen LogP contribution in [0.2, 0.25) is 0 Å². The third kappa shape index (κ3) is 3.11. The fourth-order valence-electron chi connectivity index (χ4n) is 2.15. The molecule has 1 aliphatic heterocycles. The first-order valence-electron chi connectivity index (χ1n) is 5.77. The van der Waals surface area contributed by atoms with Crippen LogP contribution in [0.3, 0.4) is 0 Å². The molecule has 1 atom stereocenters. The van der Waals surface area contributed by atoms with Gasteiger partial charge in [0.15, 0.2) is 0 Å². The van der Waals surface area contributed by atoms with Crippen LogP contribution < -0.4 is 0 Å². The summed E-state index contributed by atoms with van der Waals surface area (Å²) in [5.41, 5.74) is -0.694. The highest BCUT2D eigenvalue weighted by molar-refractivity contribution is 5.69. The molecular weight excluding hydrogens is 206 g/mol. The summed E-state index contributed by atoms with van der Waals surface area (Å²) in [7, 11) is 0. The molecule has 0 aliphatic carbocycles. The van der Waals surface area contributed by atoms with Gasteiger partial charge in [0.2, 0.25) is 0 Å². The maximum absolute atomic E-state index is 12.0. The molecule has 1 unspecified atom stereocenters. The largest absolute Gasteiger partial charge is 0.444 e. The molecule has 0 aromatic carbocycles. The SMILES string of the molecule is CC(C)(C)OC(=O)N1CC(CO)CC1(C)C. The molecule has 0 bridgehead atoms. The molecule has 0 aromatic heterocycles. The lowest BCUT2D eigenvalue weighted by molar-refractivity contribution is 0.0129. The van der Waals surface area contributed by atoms with E-state index in [4.69, 9.17) is 9.84 Å². The third-order valence-electron chi connectivity index (χ3n) is 2.83. The standard InChI is InChI=1S/C12H23NO3/c1-11(2,3)16-10(15)13-7-9(8-14)6-12(13,4)5/h9,14H,6-8H2,1-5H3. The smallest absolute Gasteiger partial charge is 0.410 e. The molecule has 1 N–H and O–H groups in total. The summed E-state index contributed by atoms with van der Waals surface area (Å²) in [6.45, 7) is 10.3. The van der Waals surface area contributed by atoms with E-state index >= 15 is 0 Å². The van der Waals surface area contributed by atoms with Gasteiger partial charge < -0.3 is 14.7 Å². The molecule has 1 fully saturated rings. The Morgan fingerprint density at radius 3 is 2.44 bits per heavy atom. The number of aliphatic hydroxyl groups is 1. The van der Waals surface area contributed by atoms with Crippen molar-refractivity contribution in [2.45, 2.75) is 52.2 Å². The van der Waals surface area contributed by atoms with Crippen LogP contribution in [0.25, 0.3) is 0 Å². The number of amides is 1. The van der Waals surface area contributed by atoms with Gasteiger partial charge in [0, 0.05) is 24.6 Å². The van der Waals surface area contributed by atoms with E-state index < -0.39 is 5.60 Å². The summed E-state index contributed by atoms with van der Waals surface area (Å²) >= 11 is 0. The number of carbonyl (C=O) groups excluding carboxylic acids is 1. The summed E-state index contributed by atoms with van der Waals surface area (Å²) in [5.74, 6) is 0.169. The minimum absolute atomic E-state index is 0.128. The molecule has 1 aliphatic rings. The Morgan fingerprint density at radius 1 is 1.50 bits per heavy atom. The predicted molar refractivity (Wildman–Crippen MR) is 62.2 cm³/mol. The maximum Gasteiger partial charge on any atom is 0.410 e. The zero-order valence-corrected chi connectivity index (χ0v) is 10.9. The number of hydrogen-bond acceptors (Lipinski definition) is 3. The van der Waals surface area contributed by atoms with Crippen molar-refractivity contribution >= 4 is 6.09 Å². The van der Waals surface area contributed by atoms with Crippen LogP contribution in [0.4, 0.5) is 4.79 Å². The van der Waals surface area contributed by atoms with Gasteiger partial charge in [-0.05, 0) is 41.0 Å². The summed E-state index contributed by atoms with van der Waals surface area (Å²) < 4.78 is 5.36. The Bertz CT molecular complexity index is 268. The lowest BCUT2D eigenvalue weighted by Crippen LogP contribution is -2.45. The number of hydrogen-bond donors (Lipinski definition) is 1. The van der Waals surface area contributed by atoms with Gasteiger partial charge in [-0.3, -0.25) is 0 Å². The first kappa shape index (κ1) is 13.3. The lowest BCUT2D eigenvalue weighted by atomic mass is 9.97. The molecule has 0 aromatic rings. The van der Waals surface area contributed by atoms with Crippen molar-refractivity contribution in [3.63, 3.8) is 0 Å². The molecule has 1 heterocycles. The van der Waals surface area contributed by atoms with E-state index in [-0.39, 0.29) is 24.2 Å². The lowest BCUT2D eigenvalue weighted by Gasteiger charge is -2.33. The van der Waals surface area contributed by atoms with Crippen molar-refractivity contribution in [3.8, 4) is 0 Å². The molecule has 4 heteroatoms. The van der Waals surface area contributed by atoms with Crippen molar-refractivity contribution < 1.29 is 14.6 Å². The Kier molecular flexibility index (Phi) is 3.53. The van der Waals surface area contributed by atoms with Crippen molar-refractivity contribution in [2.24, 2.45) is 5.92 Å². The Balaban J connectivity index is 2.69. The van der Waals surface area contributed by atoms with Crippen LogP contribution in [0.5, 0.6) is 0 Å². The van der Waals surface area contributed by atoms with E-state index in [1.807, 2.05) is 34.6 Å². The van der Waals surface area contributed by atoms with Gasteiger partial charge in [-0.15, -0.1) is 0 Å². The van der Waals surface area contributed by atoms with E-state index in [2.05, 4.69) is 0 Å². The zero-order chi connectivity index (χ0) is 12.6. The summed E-state index contributed by atoms with van der Waals surface area (Å²) in [4.78, 5) is 13.7. The summed E-state index contributed by atoms with van der Waals surface area (Å²) in [6.07, 6.45) is 0.538. The molecule has 0 radical (unpaired) electrons. The first-order chi connectivity index (χ1) is 7.15. The summed E-state index contributed by atoms with van der Waals surface area (Å²) in [6, 6.07) is 0. The van der Waals surface area contributed by atoms with Gasteiger partial charge in [0.05, 0.1) is 0 Å². The third-order valence-corrected chi connectivity index (χ3v) is 2.83. The first-order valence-corrected chi connectivity index (χ1v) is 5.77. The van der Waals surface area contributed by atoms with Gasteiger partial charge in [-0.1, -0.05) is 0 Å². The van der Waals surface area contributed by atoms with Crippen LogP contribution >= 0.6 is 0 Å². The van der Waals surface area contributed by atoms with E-state index in [1.54, 1.807) is 4.90 Å². The van der Waals surface area contributed by atoms with Crippen molar-refractivity contribution in [3.05, 3.63) is 0 Å². The average molecular weight is 229 g/mol. The second-order valence-corrected chi connectivity index (χ2v) is 6.16. The van der Waals surface area contributed by atoms with Gasteiger partial charge in [-0.2, -0.15) is 0 Å². The molecule has 16 heavy (non-hydrogen) atoms. The molecule has 94 valence electrons. The fraction of sp³-hybridized carbons (Fsp3) is 0.917. The topological polar surface area (TPSA) is 49.8 Å². The molecular formula is C12H23NO3. The Morgan fingerprint density at radius 2 is 2.06 bits per heavy atom. The van der Waals surface area contributed by atoms with E-state index in [0.29, 0.717) is 6.54 Å². The highest BCUT2D eigenvalue weighted by Crippen LogP contribution is 2.33. The Hall–Kier alpha value is -0.770.